The Morgan fingerprint density at radius 2 is 1.92 bits per heavy atom. The molecule has 0 radical (unpaired) electrons. The number of nitrogens with zero attached hydrogens (tertiary/aromatic N) is 3. The summed E-state index contributed by atoms with van der Waals surface area (Å²) in [5, 5.41) is 4.00. The van der Waals surface area contributed by atoms with Gasteiger partial charge in [-0.25, -0.2) is 9.97 Å². The van der Waals surface area contributed by atoms with Gasteiger partial charge in [-0.1, -0.05) is 24.3 Å². The van der Waals surface area contributed by atoms with Crippen molar-refractivity contribution < 1.29 is 4.79 Å². The first-order valence-corrected chi connectivity index (χ1v) is 9.05. The molecule has 4 rings (SSSR count). The summed E-state index contributed by atoms with van der Waals surface area (Å²) in [6, 6.07) is 13.8. The molecule has 1 aromatic heterocycles. The molecule has 1 N–H and O–H groups in total. The lowest BCUT2D eigenvalue weighted by Crippen LogP contribution is -2.19. The second-order valence-electron chi connectivity index (χ2n) is 6.77. The number of carbonyl (C=O) groups excluding carboxylic acids is 1. The van der Waals surface area contributed by atoms with Crippen LogP contribution in [-0.4, -0.2) is 29.0 Å². The number of aromatic nitrogens is 2. The van der Waals surface area contributed by atoms with E-state index in [1.807, 2.05) is 49.4 Å². The van der Waals surface area contributed by atoms with E-state index >= 15 is 0 Å². The standard InChI is InChI=1S/C21H22N4O/c1-15-6-2-3-7-16(15)12-20(26)24-17-8-9-19-18(13-17)21(23-14-22-19)25-10-4-5-11-25/h2-3,6-9,13-14H,4-5,10-12H2,1H3,(H,24,26). The van der Waals surface area contributed by atoms with Crippen LogP contribution in [0.25, 0.3) is 10.9 Å². The summed E-state index contributed by atoms with van der Waals surface area (Å²) in [5.41, 5.74) is 3.86. The quantitative estimate of drug-likeness (QED) is 0.782. The third-order valence-corrected chi connectivity index (χ3v) is 4.92. The summed E-state index contributed by atoms with van der Waals surface area (Å²) < 4.78 is 0. The van der Waals surface area contributed by atoms with E-state index in [1.54, 1.807) is 6.33 Å². The molecular formula is C21H22N4O. The van der Waals surface area contributed by atoms with Gasteiger partial charge in [0.2, 0.25) is 5.91 Å². The Kier molecular flexibility index (Phi) is 4.52. The minimum atomic E-state index is -0.0155. The second kappa shape index (κ2) is 7.12. The lowest BCUT2D eigenvalue weighted by Gasteiger charge is -2.18. The van der Waals surface area contributed by atoms with E-state index in [-0.39, 0.29) is 5.91 Å². The summed E-state index contributed by atoms with van der Waals surface area (Å²) in [7, 11) is 0. The first-order chi connectivity index (χ1) is 12.7. The number of amides is 1. The minimum Gasteiger partial charge on any atom is -0.356 e. The van der Waals surface area contributed by atoms with Crippen LogP contribution in [0.5, 0.6) is 0 Å². The Balaban J connectivity index is 1.58. The Labute approximate surface area is 153 Å². The molecule has 26 heavy (non-hydrogen) atoms. The van der Waals surface area contributed by atoms with Crippen LogP contribution < -0.4 is 10.2 Å². The van der Waals surface area contributed by atoms with E-state index < -0.39 is 0 Å². The minimum absolute atomic E-state index is 0.0155. The van der Waals surface area contributed by atoms with E-state index in [0.29, 0.717) is 6.42 Å². The van der Waals surface area contributed by atoms with Gasteiger partial charge < -0.3 is 10.2 Å². The third-order valence-electron chi connectivity index (χ3n) is 4.92. The molecule has 2 aromatic carbocycles. The van der Waals surface area contributed by atoms with Gasteiger partial charge in [-0.15, -0.1) is 0 Å². The van der Waals surface area contributed by atoms with Gasteiger partial charge in [0.05, 0.1) is 11.9 Å². The molecule has 1 fully saturated rings. The zero-order valence-electron chi connectivity index (χ0n) is 14.9. The van der Waals surface area contributed by atoms with Crippen molar-refractivity contribution in [2.45, 2.75) is 26.2 Å². The first kappa shape index (κ1) is 16.5. The summed E-state index contributed by atoms with van der Waals surface area (Å²) in [5.74, 6) is 0.945. The first-order valence-electron chi connectivity index (χ1n) is 9.05. The molecule has 0 saturated carbocycles. The number of carbonyl (C=O) groups is 1. The fourth-order valence-electron chi connectivity index (χ4n) is 3.49. The molecule has 1 aliphatic heterocycles. The van der Waals surface area contributed by atoms with Crippen molar-refractivity contribution >= 4 is 28.3 Å². The number of hydrogen-bond acceptors (Lipinski definition) is 4. The maximum Gasteiger partial charge on any atom is 0.228 e. The van der Waals surface area contributed by atoms with Crippen molar-refractivity contribution in [3.8, 4) is 0 Å². The van der Waals surface area contributed by atoms with Crippen molar-refractivity contribution in [3.63, 3.8) is 0 Å². The average molecular weight is 346 g/mol. The molecule has 2 heterocycles. The Bertz CT molecular complexity index is 948. The summed E-state index contributed by atoms with van der Waals surface area (Å²) >= 11 is 0. The Morgan fingerprint density at radius 3 is 2.73 bits per heavy atom. The molecule has 0 spiro atoms. The molecule has 1 amide bonds. The Hall–Kier alpha value is -2.95. The Morgan fingerprint density at radius 1 is 1.12 bits per heavy atom. The molecule has 5 nitrogen and oxygen atoms in total. The van der Waals surface area contributed by atoms with Crippen LogP contribution in [0, 0.1) is 6.92 Å². The molecule has 1 saturated heterocycles. The highest BCUT2D eigenvalue weighted by Crippen LogP contribution is 2.28. The van der Waals surface area contributed by atoms with E-state index in [2.05, 4.69) is 20.2 Å². The number of hydrogen-bond donors (Lipinski definition) is 1. The number of benzene rings is 2. The van der Waals surface area contributed by atoms with E-state index in [0.717, 1.165) is 46.6 Å². The van der Waals surface area contributed by atoms with Gasteiger partial charge in [-0.05, 0) is 49.1 Å². The maximum atomic E-state index is 12.5. The normalized spacial score (nSPS) is 14.0. The average Bonchev–Trinajstić information content (AvgIpc) is 3.17. The van der Waals surface area contributed by atoms with E-state index in [1.165, 1.54) is 12.8 Å². The van der Waals surface area contributed by atoms with Crippen LogP contribution in [-0.2, 0) is 11.2 Å². The lowest BCUT2D eigenvalue weighted by atomic mass is 10.1. The second-order valence-corrected chi connectivity index (χ2v) is 6.77. The maximum absolute atomic E-state index is 12.5. The van der Waals surface area contributed by atoms with Crippen molar-refractivity contribution in [3.05, 3.63) is 59.9 Å². The van der Waals surface area contributed by atoms with Gasteiger partial charge in [0, 0.05) is 24.2 Å². The van der Waals surface area contributed by atoms with Crippen LogP contribution in [0.4, 0.5) is 11.5 Å². The summed E-state index contributed by atoms with van der Waals surface area (Å²) in [6.07, 6.45) is 4.37. The third kappa shape index (κ3) is 3.38. The van der Waals surface area contributed by atoms with Crippen molar-refractivity contribution in [1.29, 1.82) is 0 Å². The summed E-state index contributed by atoms with van der Waals surface area (Å²) in [4.78, 5) is 23.6. The zero-order valence-corrected chi connectivity index (χ0v) is 14.9. The molecule has 0 aliphatic carbocycles. The predicted molar refractivity (Wildman–Crippen MR) is 104 cm³/mol. The molecular weight excluding hydrogens is 324 g/mol. The van der Waals surface area contributed by atoms with Crippen LogP contribution in [0.2, 0.25) is 0 Å². The number of fused-ring (bicyclic) bond motifs is 1. The zero-order chi connectivity index (χ0) is 17.9. The van der Waals surface area contributed by atoms with Crippen LogP contribution in [0.3, 0.4) is 0 Å². The summed E-state index contributed by atoms with van der Waals surface area (Å²) in [6.45, 7) is 4.07. The highest BCUT2D eigenvalue weighted by atomic mass is 16.1. The SMILES string of the molecule is Cc1ccccc1CC(=O)Nc1ccc2ncnc(N3CCCC3)c2c1. The number of rotatable bonds is 4. The van der Waals surface area contributed by atoms with Crippen LogP contribution in [0.15, 0.2) is 48.8 Å². The van der Waals surface area contributed by atoms with Crippen molar-refractivity contribution in [1.82, 2.24) is 9.97 Å². The molecule has 3 aromatic rings. The molecule has 1 aliphatic rings. The van der Waals surface area contributed by atoms with Gasteiger partial charge in [0.1, 0.15) is 12.1 Å². The van der Waals surface area contributed by atoms with Crippen molar-refractivity contribution in [2.75, 3.05) is 23.3 Å². The number of aryl methyl sites for hydroxylation is 1. The van der Waals surface area contributed by atoms with Gasteiger partial charge in [-0.2, -0.15) is 0 Å². The number of anilines is 2. The molecule has 0 unspecified atom stereocenters. The number of nitrogens with one attached hydrogen (secondary N) is 1. The van der Waals surface area contributed by atoms with E-state index in [9.17, 15) is 4.79 Å². The highest BCUT2D eigenvalue weighted by molar-refractivity contribution is 5.97. The van der Waals surface area contributed by atoms with Gasteiger partial charge in [0.25, 0.3) is 0 Å². The van der Waals surface area contributed by atoms with Crippen LogP contribution >= 0.6 is 0 Å². The lowest BCUT2D eigenvalue weighted by molar-refractivity contribution is -0.115. The largest absolute Gasteiger partial charge is 0.356 e. The molecule has 5 heteroatoms. The van der Waals surface area contributed by atoms with Crippen molar-refractivity contribution in [2.24, 2.45) is 0 Å². The monoisotopic (exact) mass is 346 g/mol. The predicted octanol–water partition coefficient (Wildman–Crippen LogP) is 3.72. The smallest absolute Gasteiger partial charge is 0.228 e. The van der Waals surface area contributed by atoms with Gasteiger partial charge in [-0.3, -0.25) is 4.79 Å². The van der Waals surface area contributed by atoms with Crippen LogP contribution in [0.1, 0.15) is 24.0 Å². The van der Waals surface area contributed by atoms with E-state index in [4.69, 9.17) is 0 Å². The molecule has 0 bridgehead atoms. The van der Waals surface area contributed by atoms with Gasteiger partial charge >= 0.3 is 0 Å². The topological polar surface area (TPSA) is 58.1 Å². The fraction of sp³-hybridized carbons (Fsp3) is 0.286. The van der Waals surface area contributed by atoms with Gasteiger partial charge in [0.15, 0.2) is 0 Å². The fourth-order valence-corrected chi connectivity index (χ4v) is 3.49. The molecule has 0 atom stereocenters. The highest BCUT2D eigenvalue weighted by Gasteiger charge is 2.17. The molecule has 132 valence electrons.